The topological polar surface area (TPSA) is 33.0 Å². The van der Waals surface area contributed by atoms with E-state index in [2.05, 4.69) is 11.4 Å². The molecule has 1 heterocycles. The molecule has 0 saturated carbocycles. The Labute approximate surface area is 92.4 Å². The predicted octanol–water partition coefficient (Wildman–Crippen LogP) is 1.32. The van der Waals surface area contributed by atoms with Gasteiger partial charge in [0.15, 0.2) is 0 Å². The van der Waals surface area contributed by atoms with Crippen molar-refractivity contribution in [2.75, 3.05) is 6.54 Å². The highest BCUT2D eigenvalue weighted by Crippen LogP contribution is 2.14. The number of thiazole rings is 1. The number of carbonyl (C=O) groups is 1. The Hall–Kier alpha value is -1.42. The SMILES string of the molecule is CCNC(=O)C[n+]1csc2ccccc21. The van der Waals surface area contributed by atoms with Crippen molar-refractivity contribution in [3.05, 3.63) is 29.8 Å². The molecule has 0 aliphatic rings. The van der Waals surface area contributed by atoms with Crippen molar-refractivity contribution in [3.63, 3.8) is 0 Å². The van der Waals surface area contributed by atoms with Crippen LogP contribution in [0.5, 0.6) is 0 Å². The summed E-state index contributed by atoms with van der Waals surface area (Å²) in [6, 6.07) is 8.10. The van der Waals surface area contributed by atoms with E-state index in [0.29, 0.717) is 13.1 Å². The van der Waals surface area contributed by atoms with E-state index < -0.39 is 0 Å². The Morgan fingerprint density at radius 3 is 3.07 bits per heavy atom. The average molecular weight is 221 g/mol. The number of benzene rings is 1. The van der Waals surface area contributed by atoms with Crippen molar-refractivity contribution in [2.24, 2.45) is 0 Å². The molecule has 0 atom stereocenters. The molecule has 1 aromatic heterocycles. The van der Waals surface area contributed by atoms with Crippen LogP contribution in [0.1, 0.15) is 6.92 Å². The summed E-state index contributed by atoms with van der Waals surface area (Å²) in [5.74, 6) is 0.0612. The maximum Gasteiger partial charge on any atom is 0.286 e. The number of amides is 1. The molecule has 1 N–H and O–H groups in total. The van der Waals surface area contributed by atoms with Gasteiger partial charge in [0.1, 0.15) is 4.70 Å². The molecule has 2 aromatic rings. The van der Waals surface area contributed by atoms with Crippen molar-refractivity contribution in [2.45, 2.75) is 13.5 Å². The zero-order valence-corrected chi connectivity index (χ0v) is 9.38. The zero-order chi connectivity index (χ0) is 10.7. The van der Waals surface area contributed by atoms with E-state index in [0.717, 1.165) is 5.52 Å². The van der Waals surface area contributed by atoms with Crippen LogP contribution in [0.4, 0.5) is 0 Å². The number of rotatable bonds is 3. The second-order valence-corrected chi connectivity index (χ2v) is 4.16. The summed E-state index contributed by atoms with van der Waals surface area (Å²) in [7, 11) is 0. The molecule has 2 rings (SSSR count). The van der Waals surface area contributed by atoms with Gasteiger partial charge in [-0.1, -0.05) is 23.5 Å². The van der Waals surface area contributed by atoms with Crippen LogP contribution in [0.25, 0.3) is 10.2 Å². The number of likely N-dealkylation sites (N-methyl/N-ethyl adjacent to an activating group) is 1. The maximum atomic E-state index is 11.4. The number of nitrogens with zero attached hydrogens (tertiary/aromatic N) is 1. The summed E-state index contributed by atoms with van der Waals surface area (Å²) >= 11 is 1.66. The Kier molecular flexibility index (Phi) is 2.97. The molecule has 4 heteroatoms. The Bertz CT molecular complexity index is 478. The molecule has 78 valence electrons. The largest absolute Gasteiger partial charge is 0.351 e. The van der Waals surface area contributed by atoms with Gasteiger partial charge in [-0.3, -0.25) is 4.79 Å². The lowest BCUT2D eigenvalue weighted by Gasteiger charge is -1.96. The van der Waals surface area contributed by atoms with E-state index >= 15 is 0 Å². The lowest BCUT2D eigenvalue weighted by atomic mass is 10.3. The first-order chi connectivity index (χ1) is 7.31. The van der Waals surface area contributed by atoms with E-state index in [1.165, 1.54) is 4.70 Å². The van der Waals surface area contributed by atoms with Crippen LogP contribution < -0.4 is 9.88 Å². The fourth-order valence-electron chi connectivity index (χ4n) is 1.50. The fourth-order valence-corrected chi connectivity index (χ4v) is 2.39. The van der Waals surface area contributed by atoms with Gasteiger partial charge in [0.05, 0.1) is 0 Å². The molecule has 1 amide bonds. The number of nitrogens with one attached hydrogen (secondary N) is 1. The smallest absolute Gasteiger partial charge is 0.286 e. The average Bonchev–Trinajstić information content (AvgIpc) is 2.62. The van der Waals surface area contributed by atoms with Gasteiger partial charge in [0.2, 0.25) is 17.6 Å². The molecule has 3 nitrogen and oxygen atoms in total. The number of aromatic nitrogens is 1. The van der Waals surface area contributed by atoms with Crippen LogP contribution in [0.15, 0.2) is 29.8 Å². The highest BCUT2D eigenvalue weighted by Gasteiger charge is 2.14. The van der Waals surface area contributed by atoms with E-state index in [4.69, 9.17) is 0 Å². The lowest BCUT2D eigenvalue weighted by molar-refractivity contribution is -0.654. The summed E-state index contributed by atoms with van der Waals surface area (Å²) in [6.45, 7) is 3.01. The summed E-state index contributed by atoms with van der Waals surface area (Å²) in [5, 5.41) is 2.79. The minimum absolute atomic E-state index is 0.0612. The Morgan fingerprint density at radius 1 is 1.47 bits per heavy atom. The third-order valence-corrected chi connectivity index (χ3v) is 3.13. The van der Waals surface area contributed by atoms with Gasteiger partial charge in [0.25, 0.3) is 5.91 Å². The summed E-state index contributed by atoms with van der Waals surface area (Å²) in [5.41, 5.74) is 3.11. The molecule has 0 spiro atoms. The van der Waals surface area contributed by atoms with E-state index in [1.807, 2.05) is 35.2 Å². The first kappa shape index (κ1) is 10.1. The van der Waals surface area contributed by atoms with Crippen molar-refractivity contribution >= 4 is 27.5 Å². The van der Waals surface area contributed by atoms with E-state index in [-0.39, 0.29) is 5.91 Å². The van der Waals surface area contributed by atoms with Crippen LogP contribution >= 0.6 is 11.3 Å². The van der Waals surface area contributed by atoms with Gasteiger partial charge in [-0.2, -0.15) is 4.57 Å². The highest BCUT2D eigenvalue weighted by atomic mass is 32.1. The Morgan fingerprint density at radius 2 is 2.27 bits per heavy atom. The van der Waals surface area contributed by atoms with Crippen LogP contribution in [0.2, 0.25) is 0 Å². The molecule has 0 bridgehead atoms. The summed E-state index contributed by atoms with van der Waals surface area (Å²) < 4.78 is 3.19. The second kappa shape index (κ2) is 4.40. The van der Waals surface area contributed by atoms with Gasteiger partial charge < -0.3 is 5.32 Å². The van der Waals surface area contributed by atoms with Crippen molar-refractivity contribution in [1.29, 1.82) is 0 Å². The summed E-state index contributed by atoms with van der Waals surface area (Å²) in [4.78, 5) is 11.4. The predicted molar refractivity (Wildman–Crippen MR) is 60.7 cm³/mol. The van der Waals surface area contributed by atoms with Crippen molar-refractivity contribution < 1.29 is 9.36 Å². The molecule has 0 unspecified atom stereocenters. The molecule has 15 heavy (non-hydrogen) atoms. The third kappa shape index (κ3) is 2.15. The lowest BCUT2D eigenvalue weighted by Crippen LogP contribution is -2.41. The standard InChI is InChI=1S/C11H12N2OS/c1-2-12-11(14)7-13-8-15-10-6-4-3-5-9(10)13/h3-6,8H,2,7H2,1H3/p+1. The fraction of sp³-hybridized carbons (Fsp3) is 0.273. The third-order valence-electron chi connectivity index (χ3n) is 2.17. The second-order valence-electron chi connectivity index (χ2n) is 3.27. The number of para-hydroxylation sites is 1. The minimum Gasteiger partial charge on any atom is -0.351 e. The number of carbonyl (C=O) groups excluding carboxylic acids is 1. The van der Waals surface area contributed by atoms with Gasteiger partial charge in [-0.25, -0.2) is 0 Å². The highest BCUT2D eigenvalue weighted by molar-refractivity contribution is 7.16. The zero-order valence-electron chi connectivity index (χ0n) is 8.56. The molecule has 0 fully saturated rings. The monoisotopic (exact) mass is 221 g/mol. The van der Waals surface area contributed by atoms with E-state index in [9.17, 15) is 4.79 Å². The quantitative estimate of drug-likeness (QED) is 0.779. The maximum absolute atomic E-state index is 11.4. The molecular weight excluding hydrogens is 208 g/mol. The minimum atomic E-state index is 0.0612. The van der Waals surface area contributed by atoms with Crippen LogP contribution in [0, 0.1) is 0 Å². The molecule has 0 aliphatic carbocycles. The van der Waals surface area contributed by atoms with E-state index in [1.54, 1.807) is 11.3 Å². The normalized spacial score (nSPS) is 10.5. The van der Waals surface area contributed by atoms with Gasteiger partial charge in [0, 0.05) is 12.6 Å². The molecule has 0 radical (unpaired) electrons. The first-order valence-corrected chi connectivity index (χ1v) is 5.81. The number of hydrogen-bond donors (Lipinski definition) is 1. The Balaban J connectivity index is 2.25. The van der Waals surface area contributed by atoms with Crippen LogP contribution in [-0.4, -0.2) is 12.5 Å². The summed E-state index contributed by atoms with van der Waals surface area (Å²) in [6.07, 6.45) is 0. The molecule has 0 aliphatic heterocycles. The van der Waals surface area contributed by atoms with Gasteiger partial charge in [-0.05, 0) is 13.0 Å². The van der Waals surface area contributed by atoms with Gasteiger partial charge in [-0.15, -0.1) is 0 Å². The molecular formula is C11H13N2OS+. The molecule has 1 aromatic carbocycles. The van der Waals surface area contributed by atoms with Crippen LogP contribution in [0.3, 0.4) is 0 Å². The van der Waals surface area contributed by atoms with Crippen molar-refractivity contribution in [3.8, 4) is 0 Å². The number of fused-ring (bicyclic) bond motifs is 1. The van der Waals surface area contributed by atoms with Crippen LogP contribution in [-0.2, 0) is 11.3 Å². The van der Waals surface area contributed by atoms with Crippen molar-refractivity contribution in [1.82, 2.24) is 5.32 Å². The molecule has 0 saturated heterocycles. The first-order valence-electron chi connectivity index (χ1n) is 4.93. The number of hydrogen-bond acceptors (Lipinski definition) is 2. The van der Waals surface area contributed by atoms with Gasteiger partial charge >= 0.3 is 0 Å².